The minimum Gasteiger partial charge on any atom is -0.480 e. The molecule has 0 fully saturated rings. The molecule has 2 aromatic rings. The van der Waals surface area contributed by atoms with Crippen LogP contribution in [-0.4, -0.2) is 33.2 Å². The first-order valence-corrected chi connectivity index (χ1v) is 7.53. The molecule has 23 heavy (non-hydrogen) atoms. The summed E-state index contributed by atoms with van der Waals surface area (Å²) in [5.41, 5.74) is 1.86. The van der Waals surface area contributed by atoms with E-state index < -0.39 is 17.9 Å². The number of carbonyl (C=O) groups is 2. The summed E-state index contributed by atoms with van der Waals surface area (Å²) in [5, 5.41) is 16.4. The van der Waals surface area contributed by atoms with Gasteiger partial charge >= 0.3 is 5.97 Å². The lowest BCUT2D eigenvalue weighted by molar-refractivity contribution is -0.140. The zero-order chi connectivity index (χ0) is 17.3. The van der Waals surface area contributed by atoms with Gasteiger partial charge in [-0.1, -0.05) is 32.9 Å². The number of nitrogens with zero attached hydrogens (tertiary/aromatic N) is 2. The largest absolute Gasteiger partial charge is 0.480 e. The number of nitrogens with one attached hydrogen (secondary N) is 1. The molecule has 2 rings (SSSR count). The summed E-state index contributed by atoms with van der Waals surface area (Å²) in [7, 11) is 0. The average Bonchev–Trinajstić information content (AvgIpc) is 2.86. The Bertz CT molecular complexity index is 749. The third-order valence-corrected chi connectivity index (χ3v) is 3.61. The molecule has 0 aliphatic heterocycles. The van der Waals surface area contributed by atoms with E-state index in [1.807, 2.05) is 13.8 Å². The molecular weight excluding hydrogens is 298 g/mol. The van der Waals surface area contributed by atoms with Crippen molar-refractivity contribution in [2.75, 3.05) is 0 Å². The van der Waals surface area contributed by atoms with E-state index in [0.29, 0.717) is 22.3 Å². The Morgan fingerprint density at radius 3 is 2.43 bits per heavy atom. The predicted octanol–water partition coefficient (Wildman–Crippen LogP) is 2.49. The highest BCUT2D eigenvalue weighted by molar-refractivity contribution is 6.07. The molecule has 124 valence electrons. The molecule has 0 aliphatic rings. The summed E-state index contributed by atoms with van der Waals surface area (Å²) in [6, 6.07) is 0.661. The highest BCUT2D eigenvalue weighted by atomic mass is 16.5. The van der Waals surface area contributed by atoms with E-state index in [1.165, 1.54) is 0 Å². The van der Waals surface area contributed by atoms with Crippen molar-refractivity contribution in [3.8, 4) is 0 Å². The van der Waals surface area contributed by atoms with Crippen molar-refractivity contribution in [3.63, 3.8) is 0 Å². The highest BCUT2D eigenvalue weighted by Crippen LogP contribution is 2.27. The number of hydrogen-bond donors (Lipinski definition) is 2. The number of pyridine rings is 1. The van der Waals surface area contributed by atoms with Crippen molar-refractivity contribution in [1.29, 1.82) is 0 Å². The molecule has 0 saturated heterocycles. The monoisotopic (exact) mass is 319 g/mol. The fourth-order valence-corrected chi connectivity index (χ4v) is 2.40. The molecule has 7 heteroatoms. The fraction of sp³-hybridized carbons (Fsp3) is 0.500. The molecule has 0 aromatic carbocycles. The number of carboxylic acid groups (broad SMARTS) is 1. The van der Waals surface area contributed by atoms with E-state index in [2.05, 4.69) is 15.5 Å². The van der Waals surface area contributed by atoms with Gasteiger partial charge in [0.1, 0.15) is 6.04 Å². The van der Waals surface area contributed by atoms with Gasteiger partial charge in [0.15, 0.2) is 0 Å². The molecule has 2 N–H and O–H groups in total. The number of fused-ring (bicyclic) bond motifs is 1. The average molecular weight is 319 g/mol. The van der Waals surface area contributed by atoms with Crippen LogP contribution < -0.4 is 5.32 Å². The first-order chi connectivity index (χ1) is 10.7. The van der Waals surface area contributed by atoms with Gasteiger partial charge in [0.2, 0.25) is 0 Å². The summed E-state index contributed by atoms with van der Waals surface area (Å²) in [5.74, 6) is -1.72. The standard InChI is InChI=1S/C16H21N3O4/c1-7(2)12-11-10(6-9(5)17-15(11)23-19-12)14(20)18-13(8(3)4)16(21)22/h6-8,13H,1-5H3,(H,18,20)(H,21,22)/t13-/m0/s1. The maximum absolute atomic E-state index is 12.6. The molecule has 0 saturated carbocycles. The van der Waals surface area contributed by atoms with Crippen LogP contribution in [0.25, 0.3) is 11.1 Å². The maximum Gasteiger partial charge on any atom is 0.326 e. The number of aliphatic carboxylic acids is 1. The Morgan fingerprint density at radius 2 is 1.91 bits per heavy atom. The second-order valence-corrected chi connectivity index (χ2v) is 6.25. The van der Waals surface area contributed by atoms with E-state index in [1.54, 1.807) is 26.8 Å². The number of aryl methyl sites for hydroxylation is 1. The van der Waals surface area contributed by atoms with Crippen LogP contribution in [0.1, 0.15) is 55.4 Å². The van der Waals surface area contributed by atoms with Gasteiger partial charge in [0.25, 0.3) is 11.6 Å². The van der Waals surface area contributed by atoms with Crippen LogP contribution >= 0.6 is 0 Å². The molecule has 1 amide bonds. The number of carboxylic acids is 1. The normalized spacial score (nSPS) is 12.8. The Balaban J connectivity index is 2.51. The Hall–Kier alpha value is -2.44. The number of aromatic nitrogens is 2. The number of amides is 1. The van der Waals surface area contributed by atoms with Crippen LogP contribution in [0.2, 0.25) is 0 Å². The maximum atomic E-state index is 12.6. The van der Waals surface area contributed by atoms with E-state index >= 15 is 0 Å². The van der Waals surface area contributed by atoms with Gasteiger partial charge in [0, 0.05) is 5.69 Å². The Morgan fingerprint density at radius 1 is 1.26 bits per heavy atom. The lowest BCUT2D eigenvalue weighted by Gasteiger charge is -2.18. The van der Waals surface area contributed by atoms with Crippen LogP contribution in [0, 0.1) is 12.8 Å². The van der Waals surface area contributed by atoms with Gasteiger partial charge in [-0.25, -0.2) is 9.78 Å². The first kappa shape index (κ1) is 16.9. The Labute approximate surface area is 134 Å². The van der Waals surface area contributed by atoms with Gasteiger partial charge < -0.3 is 14.9 Å². The van der Waals surface area contributed by atoms with E-state index in [4.69, 9.17) is 4.52 Å². The summed E-state index contributed by atoms with van der Waals surface area (Å²) in [6.07, 6.45) is 0. The van der Waals surface area contributed by atoms with Crippen LogP contribution in [0.5, 0.6) is 0 Å². The second kappa shape index (κ2) is 6.36. The van der Waals surface area contributed by atoms with Gasteiger partial charge in [0.05, 0.1) is 16.6 Å². The minimum absolute atomic E-state index is 0.0488. The van der Waals surface area contributed by atoms with Crippen molar-refractivity contribution in [2.45, 2.75) is 46.6 Å². The van der Waals surface area contributed by atoms with Crippen LogP contribution in [0.3, 0.4) is 0 Å². The van der Waals surface area contributed by atoms with Crippen molar-refractivity contribution in [2.24, 2.45) is 5.92 Å². The minimum atomic E-state index is -1.07. The third-order valence-electron chi connectivity index (χ3n) is 3.61. The van der Waals surface area contributed by atoms with Crippen molar-refractivity contribution < 1.29 is 19.2 Å². The lowest BCUT2D eigenvalue weighted by Crippen LogP contribution is -2.44. The first-order valence-electron chi connectivity index (χ1n) is 7.53. The highest BCUT2D eigenvalue weighted by Gasteiger charge is 2.27. The number of carbonyl (C=O) groups excluding carboxylic acids is 1. The molecule has 7 nitrogen and oxygen atoms in total. The summed E-state index contributed by atoms with van der Waals surface area (Å²) >= 11 is 0. The van der Waals surface area contributed by atoms with Gasteiger partial charge in [-0.3, -0.25) is 4.79 Å². The summed E-state index contributed by atoms with van der Waals surface area (Å²) in [6.45, 7) is 9.10. The summed E-state index contributed by atoms with van der Waals surface area (Å²) < 4.78 is 5.22. The van der Waals surface area contributed by atoms with Gasteiger partial charge in [-0.15, -0.1) is 0 Å². The van der Waals surface area contributed by atoms with Crippen LogP contribution in [0.4, 0.5) is 0 Å². The smallest absolute Gasteiger partial charge is 0.326 e. The van der Waals surface area contributed by atoms with Crippen molar-refractivity contribution in [3.05, 3.63) is 23.0 Å². The lowest BCUT2D eigenvalue weighted by atomic mass is 10.0. The predicted molar refractivity (Wildman–Crippen MR) is 84.4 cm³/mol. The van der Waals surface area contributed by atoms with Crippen molar-refractivity contribution >= 4 is 23.0 Å². The van der Waals surface area contributed by atoms with Crippen LogP contribution in [-0.2, 0) is 4.79 Å². The quantitative estimate of drug-likeness (QED) is 0.877. The Kier molecular flexibility index (Phi) is 4.68. The fourth-order valence-electron chi connectivity index (χ4n) is 2.40. The van der Waals surface area contributed by atoms with Crippen molar-refractivity contribution in [1.82, 2.24) is 15.5 Å². The second-order valence-electron chi connectivity index (χ2n) is 6.25. The van der Waals surface area contributed by atoms with Gasteiger partial charge in [-0.05, 0) is 24.8 Å². The molecular formula is C16H21N3O4. The topological polar surface area (TPSA) is 105 Å². The van der Waals surface area contributed by atoms with Crippen LogP contribution in [0.15, 0.2) is 10.6 Å². The number of hydrogen-bond acceptors (Lipinski definition) is 5. The zero-order valence-electron chi connectivity index (χ0n) is 13.9. The third kappa shape index (κ3) is 3.33. The van der Waals surface area contributed by atoms with E-state index in [-0.39, 0.29) is 17.5 Å². The molecule has 0 spiro atoms. The van der Waals surface area contributed by atoms with E-state index in [0.717, 1.165) is 0 Å². The molecule has 0 radical (unpaired) electrons. The molecule has 1 atom stereocenters. The SMILES string of the molecule is Cc1cc(C(=O)N[C@H](C(=O)O)C(C)C)c2c(C(C)C)noc2n1. The molecule has 2 aromatic heterocycles. The number of rotatable bonds is 5. The summed E-state index contributed by atoms with van der Waals surface area (Å²) in [4.78, 5) is 28.2. The molecule has 0 bridgehead atoms. The van der Waals surface area contributed by atoms with Gasteiger partial charge in [-0.2, -0.15) is 0 Å². The molecule has 0 unspecified atom stereocenters. The molecule has 0 aliphatic carbocycles. The van der Waals surface area contributed by atoms with E-state index in [9.17, 15) is 14.7 Å². The zero-order valence-corrected chi connectivity index (χ0v) is 13.9. The molecule has 2 heterocycles.